The van der Waals surface area contributed by atoms with Crippen molar-refractivity contribution in [2.75, 3.05) is 5.32 Å². The quantitative estimate of drug-likeness (QED) is 0.941. The van der Waals surface area contributed by atoms with Crippen molar-refractivity contribution in [3.05, 3.63) is 34.3 Å². The van der Waals surface area contributed by atoms with E-state index < -0.39 is 0 Å². The average Bonchev–Trinajstić information content (AvgIpc) is 2.83. The number of benzene rings is 1. The van der Waals surface area contributed by atoms with Crippen LogP contribution in [0.5, 0.6) is 5.75 Å². The van der Waals surface area contributed by atoms with Crippen LogP contribution < -0.4 is 10.1 Å². The van der Waals surface area contributed by atoms with Crippen LogP contribution in [0.4, 0.5) is 5.13 Å². The third-order valence-corrected chi connectivity index (χ3v) is 2.97. The van der Waals surface area contributed by atoms with Crippen LogP contribution in [0, 0.1) is 0 Å². The van der Waals surface area contributed by atoms with Gasteiger partial charge in [0.25, 0.3) is 5.91 Å². The van der Waals surface area contributed by atoms with Crippen molar-refractivity contribution < 1.29 is 9.53 Å². The predicted octanol–water partition coefficient (Wildman–Crippen LogP) is 3.23. The zero-order valence-electron chi connectivity index (χ0n) is 10.4. The summed E-state index contributed by atoms with van der Waals surface area (Å²) in [5.74, 6) is 0.163. The first kappa shape index (κ1) is 13.8. The van der Waals surface area contributed by atoms with Gasteiger partial charge in [-0.2, -0.15) is 0 Å². The van der Waals surface area contributed by atoms with E-state index in [-0.39, 0.29) is 12.0 Å². The molecule has 0 aliphatic heterocycles. The number of carbonyl (C=O) groups is 1. The molecule has 0 bridgehead atoms. The molecule has 100 valence electrons. The molecular formula is C12H12ClN3O2S. The van der Waals surface area contributed by atoms with Gasteiger partial charge in [0.05, 0.1) is 11.7 Å². The van der Waals surface area contributed by atoms with E-state index in [2.05, 4.69) is 15.5 Å². The van der Waals surface area contributed by atoms with E-state index in [9.17, 15) is 4.79 Å². The number of rotatable bonds is 4. The zero-order chi connectivity index (χ0) is 13.8. The molecule has 1 aromatic carbocycles. The molecule has 7 heteroatoms. The fraction of sp³-hybridized carbons (Fsp3) is 0.250. The second-order valence-corrected chi connectivity index (χ2v) is 5.27. The summed E-state index contributed by atoms with van der Waals surface area (Å²) in [6.45, 7) is 3.78. The number of hydrogen-bond acceptors (Lipinski definition) is 5. The number of anilines is 1. The Balaban J connectivity index is 2.26. The van der Waals surface area contributed by atoms with E-state index in [0.29, 0.717) is 21.5 Å². The number of amides is 1. The van der Waals surface area contributed by atoms with Gasteiger partial charge in [0, 0.05) is 5.02 Å². The Morgan fingerprint density at radius 3 is 2.89 bits per heavy atom. The van der Waals surface area contributed by atoms with Gasteiger partial charge in [-0.1, -0.05) is 22.9 Å². The number of ether oxygens (including phenoxy) is 1. The van der Waals surface area contributed by atoms with Crippen LogP contribution in [0.3, 0.4) is 0 Å². The predicted molar refractivity (Wildman–Crippen MR) is 75.1 cm³/mol. The molecule has 0 fully saturated rings. The van der Waals surface area contributed by atoms with Crippen LogP contribution >= 0.6 is 22.9 Å². The van der Waals surface area contributed by atoms with Crippen molar-refractivity contribution >= 4 is 34.0 Å². The van der Waals surface area contributed by atoms with Gasteiger partial charge in [0.1, 0.15) is 11.3 Å². The van der Waals surface area contributed by atoms with Gasteiger partial charge >= 0.3 is 0 Å². The number of hydrogen-bond donors (Lipinski definition) is 1. The highest BCUT2D eigenvalue weighted by Crippen LogP contribution is 2.25. The molecule has 1 N–H and O–H groups in total. The highest BCUT2D eigenvalue weighted by atomic mass is 35.5. The Labute approximate surface area is 119 Å². The second-order valence-electron chi connectivity index (χ2n) is 4.01. The van der Waals surface area contributed by atoms with Gasteiger partial charge in [0.15, 0.2) is 0 Å². The summed E-state index contributed by atoms with van der Waals surface area (Å²) < 4.78 is 5.59. The SMILES string of the molecule is CC(C)Oc1ccc(Cl)cc1C(=O)Nc1nncs1. The molecule has 0 aliphatic rings. The normalized spacial score (nSPS) is 10.5. The fourth-order valence-corrected chi connectivity index (χ4v) is 2.04. The van der Waals surface area contributed by atoms with Crippen molar-refractivity contribution in [3.63, 3.8) is 0 Å². The van der Waals surface area contributed by atoms with Crippen LogP contribution in [0.15, 0.2) is 23.7 Å². The lowest BCUT2D eigenvalue weighted by Gasteiger charge is -2.13. The molecule has 0 atom stereocenters. The summed E-state index contributed by atoms with van der Waals surface area (Å²) in [7, 11) is 0. The van der Waals surface area contributed by atoms with E-state index in [4.69, 9.17) is 16.3 Å². The standard InChI is InChI=1S/C12H12ClN3O2S/c1-7(2)18-10-4-3-8(13)5-9(10)11(17)15-12-16-14-6-19-12/h3-7H,1-2H3,(H,15,16,17). The Morgan fingerprint density at radius 1 is 1.47 bits per heavy atom. The molecule has 2 aromatic rings. The van der Waals surface area contributed by atoms with E-state index in [1.807, 2.05) is 13.8 Å². The van der Waals surface area contributed by atoms with Crippen molar-refractivity contribution in [1.29, 1.82) is 0 Å². The second kappa shape index (κ2) is 5.99. The van der Waals surface area contributed by atoms with Gasteiger partial charge in [-0.3, -0.25) is 10.1 Å². The fourth-order valence-electron chi connectivity index (χ4n) is 1.43. The highest BCUT2D eigenvalue weighted by molar-refractivity contribution is 7.13. The van der Waals surface area contributed by atoms with E-state index in [1.165, 1.54) is 11.3 Å². The monoisotopic (exact) mass is 297 g/mol. The summed E-state index contributed by atoms with van der Waals surface area (Å²) >= 11 is 7.16. The maximum atomic E-state index is 12.2. The van der Waals surface area contributed by atoms with Crippen LogP contribution in [-0.4, -0.2) is 22.2 Å². The number of halogens is 1. The lowest BCUT2D eigenvalue weighted by Crippen LogP contribution is -2.15. The number of aromatic nitrogens is 2. The minimum absolute atomic E-state index is 0.0331. The molecule has 0 aliphatic carbocycles. The minimum Gasteiger partial charge on any atom is -0.490 e. The molecular weight excluding hydrogens is 286 g/mol. The molecule has 1 aromatic heterocycles. The lowest BCUT2D eigenvalue weighted by molar-refractivity contribution is 0.102. The molecule has 0 radical (unpaired) electrons. The van der Waals surface area contributed by atoms with Gasteiger partial charge in [-0.25, -0.2) is 0 Å². The third-order valence-electron chi connectivity index (χ3n) is 2.13. The smallest absolute Gasteiger partial charge is 0.261 e. The maximum Gasteiger partial charge on any atom is 0.261 e. The van der Waals surface area contributed by atoms with Gasteiger partial charge in [-0.05, 0) is 32.0 Å². The third kappa shape index (κ3) is 3.65. The summed E-state index contributed by atoms with van der Waals surface area (Å²) in [4.78, 5) is 12.2. The Morgan fingerprint density at radius 2 is 2.26 bits per heavy atom. The summed E-state index contributed by atoms with van der Waals surface area (Å²) in [5, 5.41) is 11.0. The Kier molecular flexibility index (Phi) is 4.34. The lowest BCUT2D eigenvalue weighted by atomic mass is 10.2. The van der Waals surface area contributed by atoms with E-state index in [1.54, 1.807) is 23.7 Å². The minimum atomic E-state index is -0.324. The van der Waals surface area contributed by atoms with E-state index >= 15 is 0 Å². The Bertz CT molecular complexity index is 572. The molecule has 0 saturated carbocycles. The Hall–Kier alpha value is -1.66. The topological polar surface area (TPSA) is 64.1 Å². The first-order valence-corrected chi connectivity index (χ1v) is 6.85. The van der Waals surface area contributed by atoms with Crippen molar-refractivity contribution in [2.24, 2.45) is 0 Å². The van der Waals surface area contributed by atoms with Gasteiger partial charge in [0.2, 0.25) is 5.13 Å². The molecule has 1 amide bonds. The first-order chi connectivity index (χ1) is 9.06. The van der Waals surface area contributed by atoms with Crippen molar-refractivity contribution in [1.82, 2.24) is 10.2 Å². The molecule has 2 rings (SSSR count). The maximum absolute atomic E-state index is 12.2. The molecule has 0 saturated heterocycles. The molecule has 5 nitrogen and oxygen atoms in total. The zero-order valence-corrected chi connectivity index (χ0v) is 12.0. The summed E-state index contributed by atoms with van der Waals surface area (Å²) in [5.41, 5.74) is 1.91. The van der Waals surface area contributed by atoms with E-state index in [0.717, 1.165) is 0 Å². The van der Waals surface area contributed by atoms with Gasteiger partial charge in [-0.15, -0.1) is 10.2 Å². The van der Waals surface area contributed by atoms with Crippen LogP contribution in [-0.2, 0) is 0 Å². The van der Waals surface area contributed by atoms with Gasteiger partial charge < -0.3 is 4.74 Å². The molecule has 19 heavy (non-hydrogen) atoms. The number of nitrogens with zero attached hydrogens (tertiary/aromatic N) is 2. The highest BCUT2D eigenvalue weighted by Gasteiger charge is 2.15. The van der Waals surface area contributed by atoms with Crippen molar-refractivity contribution in [2.45, 2.75) is 20.0 Å². The molecule has 0 spiro atoms. The van der Waals surface area contributed by atoms with Crippen LogP contribution in [0.25, 0.3) is 0 Å². The van der Waals surface area contributed by atoms with Crippen LogP contribution in [0.1, 0.15) is 24.2 Å². The average molecular weight is 298 g/mol. The molecule has 0 unspecified atom stereocenters. The van der Waals surface area contributed by atoms with Crippen LogP contribution in [0.2, 0.25) is 5.02 Å². The first-order valence-electron chi connectivity index (χ1n) is 5.60. The largest absolute Gasteiger partial charge is 0.490 e. The van der Waals surface area contributed by atoms with Crippen molar-refractivity contribution in [3.8, 4) is 5.75 Å². The molecule has 1 heterocycles. The summed E-state index contributed by atoms with van der Waals surface area (Å²) in [6, 6.07) is 4.92. The number of carbonyl (C=O) groups excluding carboxylic acids is 1. The number of nitrogens with one attached hydrogen (secondary N) is 1. The summed E-state index contributed by atoms with van der Waals surface area (Å²) in [6.07, 6.45) is -0.0331.